The number of likely N-dealkylation sites (tertiary alicyclic amines) is 1. The first kappa shape index (κ1) is 22.1. The van der Waals surface area contributed by atoms with Gasteiger partial charge in [0.1, 0.15) is 11.5 Å². The molecule has 2 aromatic carbocycles. The fourth-order valence-electron chi connectivity index (χ4n) is 4.36. The quantitative estimate of drug-likeness (QED) is 0.688. The Labute approximate surface area is 189 Å². The third-order valence-electron chi connectivity index (χ3n) is 6.14. The second-order valence-corrected chi connectivity index (χ2v) is 8.36. The van der Waals surface area contributed by atoms with Gasteiger partial charge in [-0.1, -0.05) is 24.3 Å². The van der Waals surface area contributed by atoms with Gasteiger partial charge in [-0.15, -0.1) is 0 Å². The van der Waals surface area contributed by atoms with Crippen molar-refractivity contribution in [1.82, 2.24) is 10.2 Å². The SMILES string of the molecule is COc1ccc(CC(=O)NC2CCN(CCCN3C(=O)COc4ccccc43)CC2)cc1. The van der Waals surface area contributed by atoms with E-state index in [-0.39, 0.29) is 24.5 Å². The average Bonchev–Trinajstić information content (AvgIpc) is 2.82. The van der Waals surface area contributed by atoms with Crippen molar-refractivity contribution in [3.05, 3.63) is 54.1 Å². The molecule has 2 aliphatic rings. The van der Waals surface area contributed by atoms with Crippen LogP contribution < -0.4 is 19.7 Å². The van der Waals surface area contributed by atoms with Gasteiger partial charge in [-0.2, -0.15) is 0 Å². The van der Waals surface area contributed by atoms with E-state index in [9.17, 15) is 9.59 Å². The number of carbonyl (C=O) groups is 2. The Morgan fingerprint density at radius 1 is 1.09 bits per heavy atom. The average molecular weight is 438 g/mol. The maximum absolute atomic E-state index is 12.4. The number of amides is 2. The van der Waals surface area contributed by atoms with Crippen LogP contribution in [0.2, 0.25) is 0 Å². The summed E-state index contributed by atoms with van der Waals surface area (Å²) in [6, 6.07) is 15.5. The normalized spacial score (nSPS) is 16.9. The second-order valence-electron chi connectivity index (χ2n) is 8.36. The molecule has 2 amide bonds. The van der Waals surface area contributed by atoms with Crippen molar-refractivity contribution in [2.24, 2.45) is 0 Å². The summed E-state index contributed by atoms with van der Waals surface area (Å²) < 4.78 is 10.7. The number of piperidine rings is 1. The lowest BCUT2D eigenvalue weighted by atomic mass is 10.0. The van der Waals surface area contributed by atoms with Crippen LogP contribution in [0.5, 0.6) is 11.5 Å². The van der Waals surface area contributed by atoms with Crippen molar-refractivity contribution in [3.63, 3.8) is 0 Å². The molecule has 0 radical (unpaired) electrons. The minimum Gasteiger partial charge on any atom is -0.497 e. The zero-order valence-corrected chi connectivity index (χ0v) is 18.6. The number of anilines is 1. The van der Waals surface area contributed by atoms with Crippen molar-refractivity contribution >= 4 is 17.5 Å². The fourth-order valence-corrected chi connectivity index (χ4v) is 4.36. The van der Waals surface area contributed by atoms with Gasteiger partial charge < -0.3 is 24.6 Å². The van der Waals surface area contributed by atoms with E-state index in [1.807, 2.05) is 53.4 Å². The third kappa shape index (κ3) is 5.59. The topological polar surface area (TPSA) is 71.1 Å². The van der Waals surface area contributed by atoms with Crippen molar-refractivity contribution in [2.45, 2.75) is 31.7 Å². The lowest BCUT2D eigenvalue weighted by molar-refractivity contribution is -0.122. The molecule has 7 heteroatoms. The van der Waals surface area contributed by atoms with Gasteiger partial charge in [-0.05, 0) is 55.6 Å². The Morgan fingerprint density at radius 3 is 2.59 bits per heavy atom. The van der Waals surface area contributed by atoms with E-state index in [0.717, 1.165) is 61.6 Å². The minimum absolute atomic E-state index is 0.0157. The molecule has 1 N–H and O–H groups in total. The van der Waals surface area contributed by atoms with Crippen molar-refractivity contribution in [3.8, 4) is 11.5 Å². The Hall–Kier alpha value is -3.06. The molecule has 2 aliphatic heterocycles. The summed E-state index contributed by atoms with van der Waals surface area (Å²) in [6.45, 7) is 3.66. The first-order valence-corrected chi connectivity index (χ1v) is 11.3. The van der Waals surface area contributed by atoms with Gasteiger partial charge in [0.25, 0.3) is 5.91 Å². The molecule has 1 fully saturated rings. The number of benzene rings is 2. The highest BCUT2D eigenvalue weighted by Gasteiger charge is 2.25. The molecular formula is C25H31N3O4. The zero-order valence-electron chi connectivity index (χ0n) is 18.6. The van der Waals surface area contributed by atoms with Crippen LogP contribution in [0, 0.1) is 0 Å². The highest BCUT2D eigenvalue weighted by Crippen LogP contribution is 2.31. The van der Waals surface area contributed by atoms with Gasteiger partial charge in [0.05, 0.1) is 19.2 Å². The number of carbonyl (C=O) groups excluding carboxylic acids is 2. The molecule has 0 unspecified atom stereocenters. The minimum atomic E-state index is 0.0157. The molecule has 170 valence electrons. The van der Waals surface area contributed by atoms with Crippen LogP contribution in [0.3, 0.4) is 0 Å². The maximum Gasteiger partial charge on any atom is 0.265 e. The van der Waals surface area contributed by atoms with Gasteiger partial charge in [0.2, 0.25) is 5.91 Å². The first-order valence-electron chi connectivity index (χ1n) is 11.3. The number of rotatable bonds is 8. The summed E-state index contributed by atoms with van der Waals surface area (Å²) >= 11 is 0. The van der Waals surface area contributed by atoms with Crippen LogP contribution in [0.1, 0.15) is 24.8 Å². The van der Waals surface area contributed by atoms with E-state index >= 15 is 0 Å². The van der Waals surface area contributed by atoms with Gasteiger partial charge in [-0.3, -0.25) is 9.59 Å². The summed E-state index contributed by atoms with van der Waals surface area (Å²) in [5.74, 6) is 1.65. The van der Waals surface area contributed by atoms with Crippen LogP contribution in [-0.2, 0) is 16.0 Å². The van der Waals surface area contributed by atoms with Crippen LogP contribution in [0.25, 0.3) is 0 Å². The van der Waals surface area contributed by atoms with E-state index in [1.165, 1.54) is 0 Å². The van der Waals surface area contributed by atoms with Crippen molar-refractivity contribution in [1.29, 1.82) is 0 Å². The zero-order chi connectivity index (χ0) is 22.3. The van der Waals surface area contributed by atoms with Gasteiger partial charge in [0.15, 0.2) is 6.61 Å². The van der Waals surface area contributed by atoms with E-state index in [4.69, 9.17) is 9.47 Å². The molecule has 2 heterocycles. The maximum atomic E-state index is 12.4. The molecule has 1 saturated heterocycles. The molecule has 32 heavy (non-hydrogen) atoms. The number of nitrogens with one attached hydrogen (secondary N) is 1. The van der Waals surface area contributed by atoms with Crippen molar-refractivity contribution in [2.75, 3.05) is 44.8 Å². The molecule has 0 saturated carbocycles. The Balaban J connectivity index is 1.17. The number of hydrogen-bond donors (Lipinski definition) is 1. The van der Waals surface area contributed by atoms with Crippen LogP contribution in [0.15, 0.2) is 48.5 Å². The molecule has 0 aliphatic carbocycles. The van der Waals surface area contributed by atoms with Crippen LogP contribution >= 0.6 is 0 Å². The van der Waals surface area contributed by atoms with Gasteiger partial charge in [0, 0.05) is 25.7 Å². The molecule has 0 spiro atoms. The number of methoxy groups -OCH3 is 1. The van der Waals surface area contributed by atoms with Gasteiger partial charge >= 0.3 is 0 Å². The molecular weight excluding hydrogens is 406 g/mol. The predicted molar refractivity (Wildman–Crippen MR) is 123 cm³/mol. The van der Waals surface area contributed by atoms with E-state index < -0.39 is 0 Å². The van der Waals surface area contributed by atoms with E-state index in [2.05, 4.69) is 10.2 Å². The first-order chi connectivity index (χ1) is 15.6. The highest BCUT2D eigenvalue weighted by atomic mass is 16.5. The molecule has 0 atom stereocenters. The molecule has 0 aromatic heterocycles. The molecule has 0 bridgehead atoms. The predicted octanol–water partition coefficient (Wildman–Crippen LogP) is 2.63. The lowest BCUT2D eigenvalue weighted by Gasteiger charge is -2.33. The smallest absolute Gasteiger partial charge is 0.265 e. The molecule has 2 aromatic rings. The van der Waals surface area contributed by atoms with Crippen LogP contribution in [0.4, 0.5) is 5.69 Å². The summed E-state index contributed by atoms with van der Waals surface area (Å²) in [6.07, 6.45) is 3.20. The monoisotopic (exact) mass is 437 g/mol. The number of ether oxygens (including phenoxy) is 2. The Kier molecular flexibility index (Phi) is 7.27. The van der Waals surface area contributed by atoms with Crippen LogP contribution in [-0.4, -0.2) is 62.7 Å². The Bertz CT molecular complexity index is 923. The summed E-state index contributed by atoms with van der Waals surface area (Å²) in [7, 11) is 1.63. The summed E-state index contributed by atoms with van der Waals surface area (Å²) in [4.78, 5) is 28.9. The number of nitrogens with zero attached hydrogens (tertiary/aromatic N) is 2. The van der Waals surface area contributed by atoms with E-state index in [0.29, 0.717) is 13.0 Å². The number of fused-ring (bicyclic) bond motifs is 1. The highest BCUT2D eigenvalue weighted by molar-refractivity contribution is 5.97. The Morgan fingerprint density at radius 2 is 1.84 bits per heavy atom. The van der Waals surface area contributed by atoms with E-state index in [1.54, 1.807) is 7.11 Å². The third-order valence-corrected chi connectivity index (χ3v) is 6.14. The fraction of sp³-hybridized carbons (Fsp3) is 0.440. The second kappa shape index (κ2) is 10.5. The summed E-state index contributed by atoms with van der Waals surface area (Å²) in [5, 5.41) is 3.18. The van der Waals surface area contributed by atoms with Gasteiger partial charge in [-0.25, -0.2) is 0 Å². The summed E-state index contributed by atoms with van der Waals surface area (Å²) in [5.41, 5.74) is 1.85. The molecule has 7 nitrogen and oxygen atoms in total. The molecule has 4 rings (SSSR count). The largest absolute Gasteiger partial charge is 0.497 e. The number of hydrogen-bond acceptors (Lipinski definition) is 5. The number of para-hydroxylation sites is 2. The lowest BCUT2D eigenvalue weighted by Crippen LogP contribution is -2.46. The standard InChI is InChI=1S/C25H31N3O4/c1-31-21-9-7-19(8-10-21)17-24(29)26-20-11-15-27(16-12-20)13-4-14-28-22-5-2-3-6-23(22)32-18-25(28)30/h2-3,5-10,20H,4,11-18H2,1H3,(H,26,29). The van der Waals surface area contributed by atoms with Crippen molar-refractivity contribution < 1.29 is 19.1 Å².